The van der Waals surface area contributed by atoms with Crippen molar-refractivity contribution in [3.63, 3.8) is 0 Å². The van der Waals surface area contributed by atoms with E-state index in [4.69, 9.17) is 5.73 Å². The first-order chi connectivity index (χ1) is 5.25. The fourth-order valence-corrected chi connectivity index (χ4v) is 2.03. The molecule has 11 heavy (non-hydrogen) atoms. The highest BCUT2D eigenvalue weighted by Gasteiger charge is 2.49. The van der Waals surface area contributed by atoms with E-state index < -0.39 is 0 Å². The fraction of sp³-hybridized carbons (Fsp3) is 0.857. The number of rotatable bonds is 1. The highest BCUT2D eigenvalue weighted by molar-refractivity contribution is 5.78. The van der Waals surface area contributed by atoms with Crippen LogP contribution in [-0.2, 0) is 4.79 Å². The molecule has 0 radical (unpaired) electrons. The predicted molar refractivity (Wildman–Crippen MR) is 40.9 cm³/mol. The molecular formula is C7H13N3O. The second-order valence-corrected chi connectivity index (χ2v) is 3.55. The third-order valence-electron chi connectivity index (χ3n) is 2.86. The standard InChI is InChI=1S/C7H13N3O/c8-6(11)5-1-9-2-7(5)3-10-4-7/h5,9-10H,1-4H2,(H2,8,11). The van der Waals surface area contributed by atoms with E-state index in [-0.39, 0.29) is 17.2 Å². The molecule has 1 atom stereocenters. The fourth-order valence-electron chi connectivity index (χ4n) is 2.03. The van der Waals surface area contributed by atoms with Crippen LogP contribution >= 0.6 is 0 Å². The molecule has 4 nitrogen and oxygen atoms in total. The molecule has 0 saturated carbocycles. The largest absolute Gasteiger partial charge is 0.369 e. The molecule has 4 heteroatoms. The lowest BCUT2D eigenvalue weighted by atomic mass is 9.73. The van der Waals surface area contributed by atoms with Gasteiger partial charge in [0.05, 0.1) is 5.92 Å². The Kier molecular flexibility index (Phi) is 1.40. The van der Waals surface area contributed by atoms with Crippen LogP contribution in [0.3, 0.4) is 0 Å². The SMILES string of the molecule is NC(=O)C1CNCC12CNC2. The highest BCUT2D eigenvalue weighted by atomic mass is 16.1. The van der Waals surface area contributed by atoms with Gasteiger partial charge in [-0.2, -0.15) is 0 Å². The summed E-state index contributed by atoms with van der Waals surface area (Å²) in [5.41, 5.74) is 5.43. The first kappa shape index (κ1) is 7.06. The lowest BCUT2D eigenvalue weighted by Gasteiger charge is -2.42. The van der Waals surface area contributed by atoms with E-state index in [1.54, 1.807) is 0 Å². The molecule has 0 aromatic heterocycles. The lowest BCUT2D eigenvalue weighted by Crippen LogP contribution is -2.60. The van der Waals surface area contributed by atoms with Crippen LogP contribution in [0.1, 0.15) is 0 Å². The minimum absolute atomic E-state index is 0.0451. The van der Waals surface area contributed by atoms with E-state index >= 15 is 0 Å². The lowest BCUT2D eigenvalue weighted by molar-refractivity contribution is -0.125. The maximum absolute atomic E-state index is 11.0. The maximum Gasteiger partial charge on any atom is 0.222 e. The van der Waals surface area contributed by atoms with Gasteiger partial charge in [-0.3, -0.25) is 4.79 Å². The molecular weight excluding hydrogens is 142 g/mol. The third kappa shape index (κ3) is 0.862. The van der Waals surface area contributed by atoms with Gasteiger partial charge in [-0.15, -0.1) is 0 Å². The van der Waals surface area contributed by atoms with Crippen LogP contribution in [0.15, 0.2) is 0 Å². The number of carbonyl (C=O) groups is 1. The average Bonchev–Trinajstić information content (AvgIpc) is 2.27. The van der Waals surface area contributed by atoms with Gasteiger partial charge in [-0.25, -0.2) is 0 Å². The number of primary amides is 1. The number of hydrogen-bond acceptors (Lipinski definition) is 3. The second-order valence-electron chi connectivity index (χ2n) is 3.55. The molecule has 0 aromatic carbocycles. The molecule has 2 saturated heterocycles. The van der Waals surface area contributed by atoms with Gasteiger partial charge in [0, 0.05) is 31.6 Å². The van der Waals surface area contributed by atoms with Crippen molar-refractivity contribution in [3.8, 4) is 0 Å². The van der Waals surface area contributed by atoms with Gasteiger partial charge in [-0.05, 0) is 0 Å². The van der Waals surface area contributed by atoms with Crippen LogP contribution in [-0.4, -0.2) is 32.1 Å². The molecule has 0 bridgehead atoms. The van der Waals surface area contributed by atoms with Crippen molar-refractivity contribution in [1.29, 1.82) is 0 Å². The Hall–Kier alpha value is -0.610. The summed E-state index contributed by atoms with van der Waals surface area (Å²) < 4.78 is 0. The number of carbonyl (C=O) groups excluding carboxylic acids is 1. The molecule has 2 rings (SSSR count). The zero-order valence-electron chi connectivity index (χ0n) is 6.39. The minimum atomic E-state index is -0.156. The van der Waals surface area contributed by atoms with E-state index in [0.29, 0.717) is 0 Å². The molecule has 2 aliphatic heterocycles. The van der Waals surface area contributed by atoms with Gasteiger partial charge in [0.25, 0.3) is 0 Å². The summed E-state index contributed by atoms with van der Waals surface area (Å²) >= 11 is 0. The summed E-state index contributed by atoms with van der Waals surface area (Å²) in [5.74, 6) is -0.111. The van der Waals surface area contributed by atoms with Crippen LogP contribution < -0.4 is 16.4 Å². The molecule has 1 unspecified atom stereocenters. The first-order valence-electron chi connectivity index (χ1n) is 3.95. The van der Waals surface area contributed by atoms with E-state index in [1.807, 2.05) is 0 Å². The van der Waals surface area contributed by atoms with E-state index in [9.17, 15) is 4.79 Å². The summed E-state index contributed by atoms with van der Waals surface area (Å²) in [6, 6.07) is 0. The van der Waals surface area contributed by atoms with Gasteiger partial charge in [0.1, 0.15) is 0 Å². The van der Waals surface area contributed by atoms with Crippen molar-refractivity contribution in [2.75, 3.05) is 26.2 Å². The zero-order valence-corrected chi connectivity index (χ0v) is 6.39. The molecule has 1 spiro atoms. The monoisotopic (exact) mass is 155 g/mol. The minimum Gasteiger partial charge on any atom is -0.369 e. The van der Waals surface area contributed by atoms with Crippen molar-refractivity contribution < 1.29 is 4.79 Å². The number of hydrogen-bond donors (Lipinski definition) is 3. The van der Waals surface area contributed by atoms with Crippen molar-refractivity contribution in [2.45, 2.75) is 0 Å². The van der Waals surface area contributed by atoms with Crippen molar-refractivity contribution in [3.05, 3.63) is 0 Å². The van der Waals surface area contributed by atoms with Crippen LogP contribution in [0.5, 0.6) is 0 Å². The highest BCUT2D eigenvalue weighted by Crippen LogP contribution is 2.34. The van der Waals surface area contributed by atoms with E-state index in [1.165, 1.54) is 0 Å². The van der Waals surface area contributed by atoms with Crippen molar-refractivity contribution in [2.24, 2.45) is 17.1 Å². The Bertz CT molecular complexity index is 188. The summed E-state index contributed by atoms with van der Waals surface area (Å²) in [5, 5.41) is 6.39. The Morgan fingerprint density at radius 3 is 2.36 bits per heavy atom. The molecule has 62 valence electrons. The zero-order chi connectivity index (χ0) is 7.90. The molecule has 2 heterocycles. The molecule has 1 amide bonds. The van der Waals surface area contributed by atoms with Gasteiger partial charge in [0.15, 0.2) is 0 Å². The Labute approximate surface area is 65.5 Å². The second kappa shape index (κ2) is 2.19. The number of amides is 1. The Balaban J connectivity index is 2.13. The van der Waals surface area contributed by atoms with Crippen molar-refractivity contribution in [1.82, 2.24) is 10.6 Å². The summed E-state index contributed by atoms with van der Waals surface area (Å²) in [6.45, 7) is 3.58. The molecule has 4 N–H and O–H groups in total. The predicted octanol–water partition coefficient (Wildman–Crippen LogP) is -1.72. The summed E-state index contributed by atoms with van der Waals surface area (Å²) in [6.07, 6.45) is 0. The summed E-state index contributed by atoms with van der Waals surface area (Å²) in [7, 11) is 0. The van der Waals surface area contributed by atoms with Crippen LogP contribution in [0.4, 0.5) is 0 Å². The Morgan fingerprint density at radius 2 is 2.00 bits per heavy atom. The van der Waals surface area contributed by atoms with Gasteiger partial charge < -0.3 is 16.4 Å². The molecule has 0 aliphatic carbocycles. The van der Waals surface area contributed by atoms with Gasteiger partial charge in [0.2, 0.25) is 5.91 Å². The van der Waals surface area contributed by atoms with Gasteiger partial charge in [-0.1, -0.05) is 0 Å². The number of nitrogens with two attached hydrogens (primary N) is 1. The summed E-state index contributed by atoms with van der Waals surface area (Å²) in [4.78, 5) is 11.0. The molecule has 2 fully saturated rings. The topological polar surface area (TPSA) is 67.2 Å². The van der Waals surface area contributed by atoms with Crippen molar-refractivity contribution >= 4 is 5.91 Å². The van der Waals surface area contributed by atoms with Gasteiger partial charge >= 0.3 is 0 Å². The van der Waals surface area contributed by atoms with E-state index in [0.717, 1.165) is 26.2 Å². The van der Waals surface area contributed by atoms with Crippen LogP contribution in [0, 0.1) is 11.3 Å². The number of nitrogens with one attached hydrogen (secondary N) is 2. The van der Waals surface area contributed by atoms with Crippen LogP contribution in [0.2, 0.25) is 0 Å². The van der Waals surface area contributed by atoms with Crippen LogP contribution in [0.25, 0.3) is 0 Å². The van der Waals surface area contributed by atoms with E-state index in [2.05, 4.69) is 10.6 Å². The quantitative estimate of drug-likeness (QED) is 0.422. The maximum atomic E-state index is 11.0. The molecule has 0 aromatic rings. The smallest absolute Gasteiger partial charge is 0.222 e. The third-order valence-corrected chi connectivity index (χ3v) is 2.86. The first-order valence-corrected chi connectivity index (χ1v) is 3.95. The Morgan fingerprint density at radius 1 is 1.36 bits per heavy atom. The normalized spacial score (nSPS) is 33.6. The molecule has 2 aliphatic rings. The average molecular weight is 155 g/mol.